The van der Waals surface area contributed by atoms with Crippen LogP contribution in [0.2, 0.25) is 0 Å². The van der Waals surface area contributed by atoms with Gasteiger partial charge in [-0.15, -0.1) is 0 Å². The lowest BCUT2D eigenvalue weighted by molar-refractivity contribution is -0.118. The Kier molecular flexibility index (Phi) is 7.02. The zero-order valence-electron chi connectivity index (χ0n) is 16.6. The number of benzene rings is 2. The molecule has 0 saturated carbocycles. The molecule has 0 spiro atoms. The molecule has 1 atom stereocenters. The Bertz CT molecular complexity index is 696. The van der Waals surface area contributed by atoms with E-state index in [1.165, 1.54) is 5.56 Å². The van der Waals surface area contributed by atoms with E-state index in [0.717, 1.165) is 45.0 Å². The monoisotopic (exact) mass is 365 g/mol. The number of amides is 1. The van der Waals surface area contributed by atoms with Crippen molar-refractivity contribution in [2.75, 3.05) is 37.6 Å². The predicted octanol–water partition coefficient (Wildman–Crippen LogP) is 3.64. The first-order chi connectivity index (χ1) is 13.2. The largest absolute Gasteiger partial charge is 0.308 e. The first-order valence-electron chi connectivity index (χ1n) is 10.0. The standard InChI is InChI=1S/C23H31N3O/c1-3-23(27)26(22-12-8-5-9-13-22)20(2)18-24-14-16-25(17-15-24)19-21-10-6-4-7-11-21/h4-13,20H,3,14-19H2,1-2H3. The summed E-state index contributed by atoms with van der Waals surface area (Å²) < 4.78 is 0. The van der Waals surface area contributed by atoms with Gasteiger partial charge in [0, 0.05) is 57.4 Å². The molecule has 2 aromatic carbocycles. The molecule has 3 rings (SSSR count). The van der Waals surface area contributed by atoms with Crippen LogP contribution in [0.5, 0.6) is 0 Å². The van der Waals surface area contributed by atoms with E-state index in [0.29, 0.717) is 6.42 Å². The second kappa shape index (κ2) is 9.67. The van der Waals surface area contributed by atoms with E-state index < -0.39 is 0 Å². The van der Waals surface area contributed by atoms with Crippen molar-refractivity contribution in [1.29, 1.82) is 0 Å². The van der Waals surface area contributed by atoms with Crippen LogP contribution in [0.3, 0.4) is 0 Å². The molecule has 1 heterocycles. The summed E-state index contributed by atoms with van der Waals surface area (Å²) in [4.78, 5) is 19.5. The van der Waals surface area contributed by atoms with Crippen molar-refractivity contribution >= 4 is 11.6 Å². The smallest absolute Gasteiger partial charge is 0.226 e. The normalized spacial score (nSPS) is 16.8. The summed E-state index contributed by atoms with van der Waals surface area (Å²) in [6, 6.07) is 20.9. The van der Waals surface area contributed by atoms with Crippen LogP contribution in [0.15, 0.2) is 60.7 Å². The fourth-order valence-electron chi connectivity index (χ4n) is 3.83. The van der Waals surface area contributed by atoms with Crippen LogP contribution in [-0.4, -0.2) is 54.5 Å². The Morgan fingerprint density at radius 3 is 2.07 bits per heavy atom. The summed E-state index contributed by atoms with van der Waals surface area (Å²) in [5.74, 6) is 0.191. The molecular formula is C23H31N3O. The van der Waals surface area contributed by atoms with Gasteiger partial charge in [-0.2, -0.15) is 0 Å². The molecule has 4 nitrogen and oxygen atoms in total. The third-order valence-electron chi connectivity index (χ3n) is 5.28. The van der Waals surface area contributed by atoms with Gasteiger partial charge in [0.05, 0.1) is 0 Å². The Morgan fingerprint density at radius 2 is 1.48 bits per heavy atom. The zero-order valence-corrected chi connectivity index (χ0v) is 16.6. The van der Waals surface area contributed by atoms with Crippen LogP contribution in [0.25, 0.3) is 0 Å². The second-order valence-corrected chi connectivity index (χ2v) is 7.36. The highest BCUT2D eigenvalue weighted by molar-refractivity contribution is 5.93. The van der Waals surface area contributed by atoms with E-state index in [1.807, 2.05) is 42.2 Å². The molecule has 0 bridgehead atoms. The van der Waals surface area contributed by atoms with Crippen molar-refractivity contribution in [1.82, 2.24) is 9.80 Å². The maximum atomic E-state index is 12.6. The van der Waals surface area contributed by atoms with Crippen molar-refractivity contribution in [3.63, 3.8) is 0 Å². The molecule has 4 heteroatoms. The van der Waals surface area contributed by atoms with Gasteiger partial charge < -0.3 is 4.90 Å². The van der Waals surface area contributed by atoms with E-state index in [-0.39, 0.29) is 11.9 Å². The Hall–Kier alpha value is -2.17. The molecule has 27 heavy (non-hydrogen) atoms. The highest BCUT2D eigenvalue weighted by atomic mass is 16.2. The SMILES string of the molecule is CCC(=O)N(c1ccccc1)C(C)CN1CCN(Cc2ccccc2)CC1. The number of anilines is 1. The average Bonchev–Trinajstić information content (AvgIpc) is 2.71. The minimum atomic E-state index is 0.167. The molecule has 1 unspecified atom stereocenters. The molecule has 144 valence electrons. The molecule has 1 saturated heterocycles. The van der Waals surface area contributed by atoms with Crippen LogP contribution < -0.4 is 4.90 Å². The van der Waals surface area contributed by atoms with E-state index in [4.69, 9.17) is 0 Å². The van der Waals surface area contributed by atoms with Crippen molar-refractivity contribution in [2.45, 2.75) is 32.9 Å². The fraction of sp³-hybridized carbons (Fsp3) is 0.435. The highest BCUT2D eigenvalue weighted by Gasteiger charge is 2.24. The summed E-state index contributed by atoms with van der Waals surface area (Å²) in [6.45, 7) is 10.3. The number of carbonyl (C=O) groups excluding carboxylic acids is 1. The predicted molar refractivity (Wildman–Crippen MR) is 112 cm³/mol. The molecule has 2 aromatic rings. The van der Waals surface area contributed by atoms with E-state index in [2.05, 4.69) is 47.1 Å². The molecule has 1 fully saturated rings. The number of carbonyl (C=O) groups is 1. The van der Waals surface area contributed by atoms with Crippen LogP contribution in [0, 0.1) is 0 Å². The lowest BCUT2D eigenvalue weighted by Gasteiger charge is -2.38. The number of hydrogen-bond donors (Lipinski definition) is 0. The topological polar surface area (TPSA) is 26.8 Å². The number of para-hydroxylation sites is 1. The molecule has 1 aliphatic rings. The molecule has 1 aliphatic heterocycles. The third kappa shape index (κ3) is 5.41. The lowest BCUT2D eigenvalue weighted by Crippen LogP contribution is -2.51. The zero-order chi connectivity index (χ0) is 19.1. The van der Waals surface area contributed by atoms with Gasteiger partial charge in [0.2, 0.25) is 5.91 Å². The van der Waals surface area contributed by atoms with Gasteiger partial charge in [-0.1, -0.05) is 55.5 Å². The van der Waals surface area contributed by atoms with E-state index in [9.17, 15) is 4.79 Å². The summed E-state index contributed by atoms with van der Waals surface area (Å²) in [5.41, 5.74) is 2.38. The van der Waals surface area contributed by atoms with Crippen LogP contribution in [0.4, 0.5) is 5.69 Å². The Labute approximate surface area is 163 Å². The van der Waals surface area contributed by atoms with Gasteiger partial charge in [0.15, 0.2) is 0 Å². The van der Waals surface area contributed by atoms with Gasteiger partial charge >= 0.3 is 0 Å². The van der Waals surface area contributed by atoms with Gasteiger partial charge in [-0.05, 0) is 24.6 Å². The van der Waals surface area contributed by atoms with E-state index >= 15 is 0 Å². The van der Waals surface area contributed by atoms with Crippen molar-refractivity contribution in [3.8, 4) is 0 Å². The minimum absolute atomic E-state index is 0.167. The molecular weight excluding hydrogens is 334 g/mol. The summed E-state index contributed by atoms with van der Waals surface area (Å²) >= 11 is 0. The van der Waals surface area contributed by atoms with Crippen LogP contribution >= 0.6 is 0 Å². The van der Waals surface area contributed by atoms with Crippen LogP contribution in [-0.2, 0) is 11.3 Å². The second-order valence-electron chi connectivity index (χ2n) is 7.36. The highest BCUT2D eigenvalue weighted by Crippen LogP contribution is 2.19. The first-order valence-corrected chi connectivity index (χ1v) is 10.0. The van der Waals surface area contributed by atoms with Gasteiger partial charge in [0.25, 0.3) is 0 Å². The number of hydrogen-bond acceptors (Lipinski definition) is 3. The quantitative estimate of drug-likeness (QED) is 0.750. The average molecular weight is 366 g/mol. The number of piperazine rings is 1. The maximum Gasteiger partial charge on any atom is 0.226 e. The summed E-state index contributed by atoms with van der Waals surface area (Å²) in [7, 11) is 0. The van der Waals surface area contributed by atoms with Crippen molar-refractivity contribution < 1.29 is 4.79 Å². The molecule has 0 aliphatic carbocycles. The van der Waals surface area contributed by atoms with E-state index in [1.54, 1.807) is 0 Å². The molecule has 1 amide bonds. The number of rotatable bonds is 7. The Balaban J connectivity index is 1.54. The number of nitrogens with zero attached hydrogens (tertiary/aromatic N) is 3. The molecule has 0 aromatic heterocycles. The summed E-state index contributed by atoms with van der Waals surface area (Å²) in [6.07, 6.45) is 0.532. The third-order valence-corrected chi connectivity index (χ3v) is 5.28. The maximum absolute atomic E-state index is 12.6. The minimum Gasteiger partial charge on any atom is -0.308 e. The fourth-order valence-corrected chi connectivity index (χ4v) is 3.83. The molecule has 0 radical (unpaired) electrons. The van der Waals surface area contributed by atoms with Crippen LogP contribution in [0.1, 0.15) is 25.8 Å². The van der Waals surface area contributed by atoms with Gasteiger partial charge in [0.1, 0.15) is 0 Å². The van der Waals surface area contributed by atoms with Gasteiger partial charge in [-0.25, -0.2) is 0 Å². The van der Waals surface area contributed by atoms with Crippen molar-refractivity contribution in [3.05, 3.63) is 66.2 Å². The first kappa shape index (κ1) is 19.6. The molecule has 0 N–H and O–H groups in total. The van der Waals surface area contributed by atoms with Gasteiger partial charge in [-0.3, -0.25) is 14.6 Å². The Morgan fingerprint density at radius 1 is 0.926 bits per heavy atom. The van der Waals surface area contributed by atoms with Crippen molar-refractivity contribution in [2.24, 2.45) is 0 Å². The summed E-state index contributed by atoms with van der Waals surface area (Å²) in [5, 5.41) is 0. The lowest BCUT2D eigenvalue weighted by atomic mass is 10.1.